The van der Waals surface area contributed by atoms with E-state index in [-0.39, 0.29) is 12.4 Å². The maximum atomic E-state index is 12.7. The predicted octanol–water partition coefficient (Wildman–Crippen LogP) is 2.11. The maximum Gasteiger partial charge on any atom is 0.329 e. The number of anilines is 1. The highest BCUT2D eigenvalue weighted by atomic mass is 16.5. The molecule has 6 nitrogen and oxygen atoms in total. The average molecular weight is 296 g/mol. The molecule has 1 unspecified atom stereocenters. The minimum absolute atomic E-state index is 0.127. The second-order valence-electron chi connectivity index (χ2n) is 4.79. The Labute approximate surface area is 126 Å². The number of benzene rings is 1. The first-order valence-electron chi connectivity index (χ1n) is 6.74. The summed E-state index contributed by atoms with van der Waals surface area (Å²) < 4.78 is 10.1. The molecule has 1 aromatic carbocycles. The van der Waals surface area contributed by atoms with E-state index in [2.05, 4.69) is 0 Å². The number of hydrogen-bond donors (Lipinski definition) is 0. The quantitative estimate of drug-likeness (QED) is 0.810. The molecule has 3 rings (SSSR count). The molecule has 1 fully saturated rings. The smallest absolute Gasteiger partial charge is 0.329 e. The second kappa shape index (κ2) is 5.74. The van der Waals surface area contributed by atoms with Crippen LogP contribution >= 0.6 is 0 Å². The standard InChI is InChI=1S/C16H12N2O4/c17-10-11-3-1-4-12(9-11)18(13-6-8-22-16(13)20)15(19)14-5-2-7-21-14/h1-5,7,9,13H,6,8H2. The van der Waals surface area contributed by atoms with Gasteiger partial charge >= 0.3 is 5.97 Å². The SMILES string of the molecule is N#Cc1cccc(N(C(=O)c2ccco2)C2CCOC2=O)c1. The molecule has 0 saturated carbocycles. The van der Waals surface area contributed by atoms with Gasteiger partial charge in [0.15, 0.2) is 5.76 Å². The molecule has 0 radical (unpaired) electrons. The van der Waals surface area contributed by atoms with E-state index >= 15 is 0 Å². The zero-order chi connectivity index (χ0) is 15.5. The molecule has 110 valence electrons. The first-order valence-corrected chi connectivity index (χ1v) is 6.74. The van der Waals surface area contributed by atoms with Gasteiger partial charge in [-0.3, -0.25) is 9.69 Å². The van der Waals surface area contributed by atoms with Crippen molar-refractivity contribution in [2.45, 2.75) is 12.5 Å². The van der Waals surface area contributed by atoms with Crippen molar-refractivity contribution in [3.8, 4) is 6.07 Å². The number of esters is 1. The average Bonchev–Trinajstić information content (AvgIpc) is 3.20. The van der Waals surface area contributed by atoms with Crippen molar-refractivity contribution in [3.63, 3.8) is 0 Å². The van der Waals surface area contributed by atoms with Crippen LogP contribution in [0.4, 0.5) is 5.69 Å². The van der Waals surface area contributed by atoms with Gasteiger partial charge in [0.1, 0.15) is 6.04 Å². The van der Waals surface area contributed by atoms with Gasteiger partial charge in [0.2, 0.25) is 0 Å². The van der Waals surface area contributed by atoms with E-state index < -0.39 is 17.9 Å². The van der Waals surface area contributed by atoms with Crippen LogP contribution in [0, 0.1) is 11.3 Å². The van der Waals surface area contributed by atoms with Crippen LogP contribution in [0.2, 0.25) is 0 Å². The molecule has 1 saturated heterocycles. The van der Waals surface area contributed by atoms with E-state index in [9.17, 15) is 9.59 Å². The number of rotatable bonds is 3. The Balaban J connectivity index is 2.04. The second-order valence-corrected chi connectivity index (χ2v) is 4.79. The Morgan fingerprint density at radius 1 is 1.32 bits per heavy atom. The summed E-state index contributed by atoms with van der Waals surface area (Å²) in [6, 6.07) is 11.0. The van der Waals surface area contributed by atoms with E-state index in [1.807, 2.05) is 6.07 Å². The number of cyclic esters (lactones) is 1. The van der Waals surface area contributed by atoms with E-state index in [1.54, 1.807) is 30.3 Å². The van der Waals surface area contributed by atoms with Gasteiger partial charge in [-0.05, 0) is 30.3 Å². The zero-order valence-electron chi connectivity index (χ0n) is 11.6. The number of ether oxygens (including phenoxy) is 1. The van der Waals surface area contributed by atoms with E-state index in [0.29, 0.717) is 17.7 Å². The molecule has 1 atom stereocenters. The number of furan rings is 1. The van der Waals surface area contributed by atoms with Crippen molar-refractivity contribution in [1.82, 2.24) is 0 Å². The lowest BCUT2D eigenvalue weighted by molar-refractivity contribution is -0.139. The molecule has 0 spiro atoms. The Bertz CT molecular complexity index is 746. The Morgan fingerprint density at radius 2 is 2.18 bits per heavy atom. The van der Waals surface area contributed by atoms with Gasteiger partial charge in [0, 0.05) is 12.1 Å². The molecule has 2 aromatic rings. The fourth-order valence-electron chi connectivity index (χ4n) is 2.40. The number of amides is 1. The van der Waals surface area contributed by atoms with Gasteiger partial charge in [-0.2, -0.15) is 5.26 Å². The minimum Gasteiger partial charge on any atom is -0.464 e. The highest BCUT2D eigenvalue weighted by Crippen LogP contribution is 2.26. The summed E-state index contributed by atoms with van der Waals surface area (Å²) in [5.41, 5.74) is 0.866. The molecule has 1 aliphatic heterocycles. The maximum absolute atomic E-state index is 12.7. The highest BCUT2D eigenvalue weighted by molar-refractivity contribution is 6.08. The lowest BCUT2D eigenvalue weighted by atomic mass is 10.1. The normalized spacial score (nSPS) is 16.9. The van der Waals surface area contributed by atoms with Gasteiger partial charge in [0.25, 0.3) is 5.91 Å². The molecule has 0 aliphatic carbocycles. The Morgan fingerprint density at radius 3 is 2.82 bits per heavy atom. The van der Waals surface area contributed by atoms with Crippen molar-refractivity contribution >= 4 is 17.6 Å². The zero-order valence-corrected chi connectivity index (χ0v) is 11.6. The number of nitriles is 1. The summed E-state index contributed by atoms with van der Waals surface area (Å²) in [7, 11) is 0. The monoisotopic (exact) mass is 296 g/mol. The third-order valence-corrected chi connectivity index (χ3v) is 3.42. The van der Waals surface area contributed by atoms with E-state index in [4.69, 9.17) is 14.4 Å². The van der Waals surface area contributed by atoms with Crippen LogP contribution < -0.4 is 4.90 Å². The minimum atomic E-state index is -0.716. The van der Waals surface area contributed by atoms with Gasteiger partial charge < -0.3 is 9.15 Å². The summed E-state index contributed by atoms with van der Waals surface area (Å²) in [6.45, 7) is 0.267. The number of carbonyl (C=O) groups excluding carboxylic acids is 2. The molecular formula is C16H12N2O4. The molecule has 2 heterocycles. The van der Waals surface area contributed by atoms with Crippen LogP contribution in [0.3, 0.4) is 0 Å². The van der Waals surface area contributed by atoms with Crippen LogP contribution in [0.15, 0.2) is 47.1 Å². The molecule has 1 aliphatic rings. The van der Waals surface area contributed by atoms with Gasteiger partial charge in [-0.25, -0.2) is 4.79 Å². The van der Waals surface area contributed by atoms with Crippen LogP contribution in [0.1, 0.15) is 22.5 Å². The van der Waals surface area contributed by atoms with Crippen LogP contribution in [-0.4, -0.2) is 24.5 Å². The Kier molecular flexibility index (Phi) is 3.62. The summed E-state index contributed by atoms with van der Waals surface area (Å²) in [5, 5.41) is 9.02. The van der Waals surface area contributed by atoms with Crippen molar-refractivity contribution in [1.29, 1.82) is 5.26 Å². The van der Waals surface area contributed by atoms with Crippen molar-refractivity contribution in [3.05, 3.63) is 54.0 Å². The van der Waals surface area contributed by atoms with Gasteiger partial charge in [-0.1, -0.05) is 6.07 Å². The first-order chi connectivity index (χ1) is 10.7. The molecule has 0 bridgehead atoms. The van der Waals surface area contributed by atoms with Crippen LogP contribution in [0.5, 0.6) is 0 Å². The molecule has 0 N–H and O–H groups in total. The molecular weight excluding hydrogens is 284 g/mol. The van der Waals surface area contributed by atoms with E-state index in [1.165, 1.54) is 17.2 Å². The van der Waals surface area contributed by atoms with Gasteiger partial charge in [-0.15, -0.1) is 0 Å². The van der Waals surface area contributed by atoms with Crippen molar-refractivity contribution in [2.24, 2.45) is 0 Å². The molecule has 6 heteroatoms. The van der Waals surface area contributed by atoms with Crippen LogP contribution in [0.25, 0.3) is 0 Å². The topological polar surface area (TPSA) is 83.5 Å². The number of nitrogens with zero attached hydrogens (tertiary/aromatic N) is 2. The summed E-state index contributed by atoms with van der Waals surface area (Å²) in [5.74, 6) is -0.770. The van der Waals surface area contributed by atoms with E-state index in [0.717, 1.165) is 0 Å². The molecule has 1 aromatic heterocycles. The largest absolute Gasteiger partial charge is 0.464 e. The first kappa shape index (κ1) is 13.9. The third kappa shape index (κ3) is 2.44. The van der Waals surface area contributed by atoms with Crippen molar-refractivity contribution in [2.75, 3.05) is 11.5 Å². The fraction of sp³-hybridized carbons (Fsp3) is 0.188. The number of carbonyl (C=O) groups is 2. The lowest BCUT2D eigenvalue weighted by Crippen LogP contribution is -2.43. The van der Waals surface area contributed by atoms with Crippen LogP contribution in [-0.2, 0) is 9.53 Å². The highest BCUT2D eigenvalue weighted by Gasteiger charge is 2.37. The van der Waals surface area contributed by atoms with Crippen molar-refractivity contribution < 1.29 is 18.7 Å². The number of hydrogen-bond acceptors (Lipinski definition) is 5. The molecule has 22 heavy (non-hydrogen) atoms. The predicted molar refractivity (Wildman–Crippen MR) is 76.0 cm³/mol. The Hall–Kier alpha value is -3.07. The lowest BCUT2D eigenvalue weighted by Gasteiger charge is -2.25. The van der Waals surface area contributed by atoms with Gasteiger partial charge in [0.05, 0.1) is 24.5 Å². The summed E-state index contributed by atoms with van der Waals surface area (Å²) >= 11 is 0. The summed E-state index contributed by atoms with van der Waals surface area (Å²) in [4.78, 5) is 25.9. The molecule has 1 amide bonds. The summed E-state index contributed by atoms with van der Waals surface area (Å²) in [6.07, 6.45) is 1.80. The fourth-order valence-corrected chi connectivity index (χ4v) is 2.40. The third-order valence-electron chi connectivity index (χ3n) is 3.42.